The summed E-state index contributed by atoms with van der Waals surface area (Å²) in [5.74, 6) is 0.253. The zero-order valence-corrected chi connectivity index (χ0v) is 8.43. The lowest BCUT2D eigenvalue weighted by Crippen LogP contribution is -2.07. The van der Waals surface area contributed by atoms with Gasteiger partial charge in [0.05, 0.1) is 18.2 Å². The van der Waals surface area contributed by atoms with E-state index in [0.717, 1.165) is 12.1 Å². The van der Waals surface area contributed by atoms with Crippen molar-refractivity contribution in [1.29, 1.82) is 0 Å². The molecule has 0 N–H and O–H groups in total. The second-order valence-corrected chi connectivity index (χ2v) is 3.62. The molecule has 1 aliphatic carbocycles. The molecule has 1 aromatic heterocycles. The van der Waals surface area contributed by atoms with E-state index in [1.807, 2.05) is 26.2 Å². The van der Waals surface area contributed by atoms with E-state index in [-0.39, 0.29) is 17.8 Å². The number of nitrogens with zero attached hydrogens (tertiary/aromatic N) is 2. The molecule has 4 nitrogen and oxygen atoms in total. The maximum atomic E-state index is 11.3. The highest BCUT2D eigenvalue weighted by atomic mass is 16.5. The molecule has 0 aliphatic heterocycles. The third-order valence-electron chi connectivity index (χ3n) is 2.49. The number of hydrogen-bond acceptors (Lipinski definition) is 3. The van der Waals surface area contributed by atoms with Gasteiger partial charge in [0.1, 0.15) is 0 Å². The van der Waals surface area contributed by atoms with Gasteiger partial charge in [-0.2, -0.15) is 5.10 Å². The van der Waals surface area contributed by atoms with Crippen LogP contribution < -0.4 is 0 Å². The van der Waals surface area contributed by atoms with Gasteiger partial charge in [-0.05, 0) is 19.4 Å². The summed E-state index contributed by atoms with van der Waals surface area (Å²) in [5.41, 5.74) is 1.01. The van der Waals surface area contributed by atoms with Crippen LogP contribution in [0.4, 0.5) is 0 Å². The quantitative estimate of drug-likeness (QED) is 0.676. The minimum atomic E-state index is -0.0804. The fourth-order valence-electron chi connectivity index (χ4n) is 1.66. The normalized spacial score (nSPS) is 24.7. The molecule has 1 aromatic rings. The van der Waals surface area contributed by atoms with Crippen molar-refractivity contribution in [2.45, 2.75) is 19.3 Å². The Morgan fingerprint density at radius 2 is 2.57 bits per heavy atom. The van der Waals surface area contributed by atoms with Crippen molar-refractivity contribution in [1.82, 2.24) is 9.78 Å². The Morgan fingerprint density at radius 3 is 3.14 bits per heavy atom. The lowest BCUT2D eigenvalue weighted by molar-refractivity contribution is -0.144. The topological polar surface area (TPSA) is 44.1 Å². The summed E-state index contributed by atoms with van der Waals surface area (Å²) in [5, 5.41) is 4.27. The molecule has 0 radical (unpaired) electrons. The SMILES string of the molecule is CCOC(=O)[C@H]1C[C@@H]1c1ccn(C)n1. The average molecular weight is 194 g/mol. The van der Waals surface area contributed by atoms with Crippen LogP contribution in [0.3, 0.4) is 0 Å². The Kier molecular flexibility index (Phi) is 2.27. The molecule has 2 rings (SSSR count). The van der Waals surface area contributed by atoms with E-state index in [0.29, 0.717) is 6.61 Å². The Labute approximate surface area is 82.9 Å². The molecule has 0 aromatic carbocycles. The third-order valence-corrected chi connectivity index (χ3v) is 2.49. The summed E-state index contributed by atoms with van der Waals surface area (Å²) in [6.45, 7) is 2.29. The van der Waals surface area contributed by atoms with E-state index in [9.17, 15) is 4.79 Å². The van der Waals surface area contributed by atoms with Crippen molar-refractivity contribution in [2.75, 3.05) is 6.61 Å². The fourth-order valence-corrected chi connectivity index (χ4v) is 1.66. The maximum Gasteiger partial charge on any atom is 0.309 e. The highest BCUT2D eigenvalue weighted by Gasteiger charge is 2.46. The highest BCUT2D eigenvalue weighted by Crippen LogP contribution is 2.47. The molecule has 14 heavy (non-hydrogen) atoms. The number of rotatable bonds is 3. The van der Waals surface area contributed by atoms with Crippen LogP contribution in [0.5, 0.6) is 0 Å². The second-order valence-electron chi connectivity index (χ2n) is 3.62. The molecule has 76 valence electrons. The largest absolute Gasteiger partial charge is 0.466 e. The Morgan fingerprint density at radius 1 is 1.79 bits per heavy atom. The van der Waals surface area contributed by atoms with Gasteiger partial charge in [0.2, 0.25) is 0 Å². The summed E-state index contributed by atoms with van der Waals surface area (Å²) < 4.78 is 6.71. The number of hydrogen-bond donors (Lipinski definition) is 0. The van der Waals surface area contributed by atoms with E-state index in [1.165, 1.54) is 0 Å². The van der Waals surface area contributed by atoms with Gasteiger partial charge >= 0.3 is 5.97 Å². The fraction of sp³-hybridized carbons (Fsp3) is 0.600. The molecule has 1 fully saturated rings. The van der Waals surface area contributed by atoms with Gasteiger partial charge in [-0.25, -0.2) is 0 Å². The molecule has 1 heterocycles. The molecule has 1 aliphatic rings. The van der Waals surface area contributed by atoms with E-state index in [1.54, 1.807) is 4.68 Å². The minimum absolute atomic E-state index is 0.0462. The second kappa shape index (κ2) is 3.44. The van der Waals surface area contributed by atoms with Crippen LogP contribution in [0.15, 0.2) is 12.3 Å². The smallest absolute Gasteiger partial charge is 0.309 e. The van der Waals surface area contributed by atoms with Gasteiger partial charge in [0.25, 0.3) is 0 Å². The van der Waals surface area contributed by atoms with Gasteiger partial charge in [-0.15, -0.1) is 0 Å². The van der Waals surface area contributed by atoms with E-state index < -0.39 is 0 Å². The molecular weight excluding hydrogens is 180 g/mol. The number of ether oxygens (including phenoxy) is 1. The average Bonchev–Trinajstić information content (AvgIpc) is 2.84. The van der Waals surface area contributed by atoms with Gasteiger partial charge in [0.15, 0.2) is 0 Å². The van der Waals surface area contributed by atoms with E-state index >= 15 is 0 Å². The minimum Gasteiger partial charge on any atom is -0.466 e. The molecule has 0 bridgehead atoms. The summed E-state index contributed by atoms with van der Waals surface area (Å²) >= 11 is 0. The lowest BCUT2D eigenvalue weighted by atomic mass is 10.2. The lowest BCUT2D eigenvalue weighted by Gasteiger charge is -1.98. The summed E-state index contributed by atoms with van der Waals surface area (Å²) in [6.07, 6.45) is 2.78. The van der Waals surface area contributed by atoms with Crippen LogP contribution in [0, 0.1) is 5.92 Å². The number of aryl methyl sites for hydroxylation is 1. The Balaban J connectivity index is 1.96. The summed E-state index contributed by atoms with van der Waals surface area (Å²) in [7, 11) is 1.88. The zero-order valence-electron chi connectivity index (χ0n) is 8.43. The Hall–Kier alpha value is -1.32. The van der Waals surface area contributed by atoms with E-state index in [2.05, 4.69) is 5.10 Å². The van der Waals surface area contributed by atoms with Crippen molar-refractivity contribution >= 4 is 5.97 Å². The standard InChI is InChI=1S/C10H14N2O2/c1-3-14-10(13)8-6-7(8)9-4-5-12(2)11-9/h4-5,7-8H,3,6H2,1-2H3/t7-,8-/m0/s1. The predicted molar refractivity (Wildman–Crippen MR) is 50.7 cm³/mol. The molecule has 0 saturated heterocycles. The molecule has 4 heteroatoms. The van der Waals surface area contributed by atoms with Crippen molar-refractivity contribution in [3.63, 3.8) is 0 Å². The monoisotopic (exact) mass is 194 g/mol. The van der Waals surface area contributed by atoms with Gasteiger partial charge in [-0.1, -0.05) is 0 Å². The van der Waals surface area contributed by atoms with Crippen molar-refractivity contribution in [3.8, 4) is 0 Å². The van der Waals surface area contributed by atoms with Crippen LogP contribution in [0.2, 0.25) is 0 Å². The molecule has 0 spiro atoms. The van der Waals surface area contributed by atoms with Gasteiger partial charge < -0.3 is 4.74 Å². The van der Waals surface area contributed by atoms with Crippen molar-refractivity contribution in [3.05, 3.63) is 18.0 Å². The van der Waals surface area contributed by atoms with Crippen molar-refractivity contribution in [2.24, 2.45) is 13.0 Å². The first-order valence-corrected chi connectivity index (χ1v) is 4.88. The zero-order chi connectivity index (χ0) is 10.1. The highest BCUT2D eigenvalue weighted by molar-refractivity contribution is 5.77. The van der Waals surface area contributed by atoms with Crippen LogP contribution in [0.25, 0.3) is 0 Å². The van der Waals surface area contributed by atoms with Crippen LogP contribution >= 0.6 is 0 Å². The predicted octanol–water partition coefficient (Wildman–Crippen LogP) is 1.09. The van der Waals surface area contributed by atoms with Gasteiger partial charge in [0, 0.05) is 19.2 Å². The third kappa shape index (κ3) is 1.64. The molecule has 1 saturated carbocycles. The maximum absolute atomic E-state index is 11.3. The number of esters is 1. The molecule has 0 amide bonds. The number of carbonyl (C=O) groups is 1. The van der Waals surface area contributed by atoms with Crippen molar-refractivity contribution < 1.29 is 9.53 Å². The molecular formula is C10H14N2O2. The van der Waals surface area contributed by atoms with Gasteiger partial charge in [-0.3, -0.25) is 9.48 Å². The molecule has 0 unspecified atom stereocenters. The van der Waals surface area contributed by atoms with Crippen LogP contribution in [0.1, 0.15) is 25.0 Å². The molecule has 2 atom stereocenters. The first-order valence-electron chi connectivity index (χ1n) is 4.88. The van der Waals surface area contributed by atoms with Crippen LogP contribution in [-0.2, 0) is 16.6 Å². The summed E-state index contributed by atoms with van der Waals surface area (Å²) in [4.78, 5) is 11.3. The number of aromatic nitrogens is 2. The summed E-state index contributed by atoms with van der Waals surface area (Å²) in [6, 6.07) is 1.96. The first kappa shape index (κ1) is 9.24. The first-order chi connectivity index (χ1) is 6.72. The van der Waals surface area contributed by atoms with E-state index in [4.69, 9.17) is 4.74 Å². The number of carbonyl (C=O) groups excluding carboxylic acids is 1. The Bertz CT molecular complexity index is 346. The van der Waals surface area contributed by atoms with Crippen LogP contribution in [-0.4, -0.2) is 22.4 Å².